The maximum absolute atomic E-state index is 5.73. The highest BCUT2D eigenvalue weighted by Crippen LogP contribution is 2.34. The van der Waals surface area contributed by atoms with E-state index in [1.165, 1.54) is 24.9 Å². The number of ether oxygens (including phenoxy) is 1. The average Bonchev–Trinajstić information content (AvgIpc) is 2.51. The molecule has 0 aliphatic heterocycles. The molecule has 1 aliphatic rings. The molecule has 1 aliphatic carbocycles. The van der Waals surface area contributed by atoms with Crippen molar-refractivity contribution in [2.75, 3.05) is 25.1 Å². The lowest BCUT2D eigenvalue weighted by atomic mass is 9.78. The molecular formula is C18H30N2O. The first-order chi connectivity index (χ1) is 10.2. The predicted octanol–water partition coefficient (Wildman–Crippen LogP) is 3.68. The fourth-order valence-electron chi connectivity index (χ4n) is 3.36. The lowest BCUT2D eigenvalue weighted by Gasteiger charge is -2.40. The van der Waals surface area contributed by atoms with E-state index in [0.29, 0.717) is 6.04 Å². The molecule has 0 saturated heterocycles. The van der Waals surface area contributed by atoms with Gasteiger partial charge in [0.15, 0.2) is 0 Å². The third kappa shape index (κ3) is 4.13. The molecule has 0 aromatic heterocycles. The van der Waals surface area contributed by atoms with Gasteiger partial charge in [0.05, 0.1) is 7.11 Å². The summed E-state index contributed by atoms with van der Waals surface area (Å²) in [4.78, 5) is 2.56. The molecule has 0 radical (unpaired) electrons. The third-order valence-electron chi connectivity index (χ3n) is 5.02. The second kappa shape index (κ2) is 7.69. The summed E-state index contributed by atoms with van der Waals surface area (Å²) in [6.07, 6.45) is 4.97. The molecule has 3 nitrogen and oxygen atoms in total. The normalized spacial score (nSPS) is 25.6. The molecule has 2 rings (SSSR count). The lowest BCUT2D eigenvalue weighted by molar-refractivity contribution is 0.243. The fourth-order valence-corrected chi connectivity index (χ4v) is 3.36. The highest BCUT2D eigenvalue weighted by atomic mass is 16.5. The Bertz CT molecular complexity index is 418. The first-order valence-corrected chi connectivity index (χ1v) is 8.26. The number of hydrogen-bond acceptors (Lipinski definition) is 3. The lowest BCUT2D eigenvalue weighted by Crippen LogP contribution is -2.41. The second-order valence-corrected chi connectivity index (χ2v) is 6.46. The van der Waals surface area contributed by atoms with Crippen LogP contribution in [0.25, 0.3) is 0 Å². The van der Waals surface area contributed by atoms with Gasteiger partial charge in [-0.2, -0.15) is 0 Å². The van der Waals surface area contributed by atoms with Crippen LogP contribution in [-0.2, 0) is 0 Å². The van der Waals surface area contributed by atoms with E-state index in [4.69, 9.17) is 10.5 Å². The van der Waals surface area contributed by atoms with Crippen LogP contribution in [0.2, 0.25) is 0 Å². The number of rotatable bonds is 6. The minimum atomic E-state index is 0.649. The van der Waals surface area contributed by atoms with Gasteiger partial charge in [0.1, 0.15) is 5.75 Å². The molecule has 3 unspecified atom stereocenters. The number of nitrogens with two attached hydrogens (primary N) is 1. The zero-order valence-corrected chi connectivity index (χ0v) is 13.7. The standard InChI is InChI=1S/C18H30N2O/c1-14-5-6-17(13-15(14)2)20(12-4-11-19)16-7-9-18(21-3)10-8-16/h7-10,14-15,17H,4-6,11-13,19H2,1-3H3. The molecule has 1 aromatic carbocycles. The van der Waals surface area contributed by atoms with Crippen LogP contribution in [0.4, 0.5) is 5.69 Å². The largest absolute Gasteiger partial charge is 0.497 e. The molecule has 0 spiro atoms. The molecule has 1 fully saturated rings. The quantitative estimate of drug-likeness (QED) is 0.868. The smallest absolute Gasteiger partial charge is 0.119 e. The van der Waals surface area contributed by atoms with Gasteiger partial charge in [-0.05, 0) is 68.3 Å². The minimum Gasteiger partial charge on any atom is -0.497 e. The summed E-state index contributed by atoms with van der Waals surface area (Å²) in [7, 11) is 1.71. The van der Waals surface area contributed by atoms with Crippen molar-refractivity contribution >= 4 is 5.69 Å². The van der Waals surface area contributed by atoms with Crippen LogP contribution in [0.5, 0.6) is 5.75 Å². The molecule has 2 N–H and O–H groups in total. The Hall–Kier alpha value is -1.22. The molecule has 1 saturated carbocycles. The van der Waals surface area contributed by atoms with Crippen LogP contribution in [0, 0.1) is 11.8 Å². The molecule has 21 heavy (non-hydrogen) atoms. The molecule has 1 aromatic rings. The maximum Gasteiger partial charge on any atom is 0.119 e. The Labute approximate surface area is 129 Å². The van der Waals surface area contributed by atoms with Crippen molar-refractivity contribution in [1.29, 1.82) is 0 Å². The summed E-state index contributed by atoms with van der Waals surface area (Å²) in [5.74, 6) is 2.58. The van der Waals surface area contributed by atoms with Crippen molar-refractivity contribution in [3.63, 3.8) is 0 Å². The van der Waals surface area contributed by atoms with Crippen molar-refractivity contribution in [1.82, 2.24) is 0 Å². The summed E-state index contributed by atoms with van der Waals surface area (Å²) in [5, 5.41) is 0. The summed E-state index contributed by atoms with van der Waals surface area (Å²) < 4.78 is 5.27. The van der Waals surface area contributed by atoms with Gasteiger partial charge in [0.2, 0.25) is 0 Å². The van der Waals surface area contributed by atoms with Crippen LogP contribution in [0.3, 0.4) is 0 Å². The van der Waals surface area contributed by atoms with Crippen molar-refractivity contribution in [2.24, 2.45) is 17.6 Å². The van der Waals surface area contributed by atoms with Gasteiger partial charge in [-0.25, -0.2) is 0 Å². The van der Waals surface area contributed by atoms with E-state index in [-0.39, 0.29) is 0 Å². The van der Waals surface area contributed by atoms with E-state index in [1.54, 1.807) is 7.11 Å². The molecule has 118 valence electrons. The van der Waals surface area contributed by atoms with Crippen molar-refractivity contribution in [3.05, 3.63) is 24.3 Å². The topological polar surface area (TPSA) is 38.5 Å². The van der Waals surface area contributed by atoms with Gasteiger partial charge in [-0.3, -0.25) is 0 Å². The summed E-state index contributed by atoms with van der Waals surface area (Å²) in [6, 6.07) is 9.12. The van der Waals surface area contributed by atoms with Gasteiger partial charge in [0, 0.05) is 18.3 Å². The molecule has 3 atom stereocenters. The van der Waals surface area contributed by atoms with Gasteiger partial charge < -0.3 is 15.4 Å². The predicted molar refractivity (Wildman–Crippen MR) is 90.0 cm³/mol. The minimum absolute atomic E-state index is 0.649. The Morgan fingerprint density at radius 1 is 1.14 bits per heavy atom. The number of methoxy groups -OCH3 is 1. The molecule has 0 amide bonds. The highest BCUT2D eigenvalue weighted by Gasteiger charge is 2.28. The van der Waals surface area contributed by atoms with Crippen molar-refractivity contribution < 1.29 is 4.74 Å². The van der Waals surface area contributed by atoms with E-state index in [9.17, 15) is 0 Å². The summed E-state index contributed by atoms with van der Waals surface area (Å²) >= 11 is 0. The first kappa shape index (κ1) is 16.2. The van der Waals surface area contributed by atoms with Crippen LogP contribution >= 0.6 is 0 Å². The van der Waals surface area contributed by atoms with Crippen molar-refractivity contribution in [2.45, 2.75) is 45.6 Å². The van der Waals surface area contributed by atoms with E-state index < -0.39 is 0 Å². The zero-order chi connectivity index (χ0) is 15.2. The first-order valence-electron chi connectivity index (χ1n) is 8.26. The molecule has 3 heteroatoms. The Morgan fingerprint density at radius 2 is 1.86 bits per heavy atom. The molecular weight excluding hydrogens is 260 g/mol. The third-order valence-corrected chi connectivity index (χ3v) is 5.02. The number of anilines is 1. The van der Waals surface area contributed by atoms with E-state index in [0.717, 1.165) is 37.1 Å². The Kier molecular flexibility index (Phi) is 5.92. The number of nitrogens with zero attached hydrogens (tertiary/aromatic N) is 1. The highest BCUT2D eigenvalue weighted by molar-refractivity contribution is 5.50. The number of benzene rings is 1. The summed E-state index contributed by atoms with van der Waals surface area (Å²) in [6.45, 7) is 6.59. The van der Waals surface area contributed by atoms with Crippen LogP contribution in [0.15, 0.2) is 24.3 Å². The van der Waals surface area contributed by atoms with Crippen LogP contribution in [-0.4, -0.2) is 26.2 Å². The van der Waals surface area contributed by atoms with Gasteiger partial charge in [-0.1, -0.05) is 13.8 Å². The second-order valence-electron chi connectivity index (χ2n) is 6.46. The zero-order valence-electron chi connectivity index (χ0n) is 13.7. The van der Waals surface area contributed by atoms with E-state index >= 15 is 0 Å². The maximum atomic E-state index is 5.73. The van der Waals surface area contributed by atoms with Gasteiger partial charge >= 0.3 is 0 Å². The van der Waals surface area contributed by atoms with Gasteiger partial charge in [0.25, 0.3) is 0 Å². The summed E-state index contributed by atoms with van der Waals surface area (Å²) in [5.41, 5.74) is 7.03. The van der Waals surface area contributed by atoms with E-state index in [2.05, 4.69) is 43.0 Å². The molecule has 0 bridgehead atoms. The van der Waals surface area contributed by atoms with Gasteiger partial charge in [-0.15, -0.1) is 0 Å². The SMILES string of the molecule is COc1ccc(N(CCCN)C2CCC(C)C(C)C2)cc1. The van der Waals surface area contributed by atoms with Crippen LogP contribution in [0.1, 0.15) is 39.5 Å². The monoisotopic (exact) mass is 290 g/mol. The number of hydrogen-bond donors (Lipinski definition) is 1. The average molecular weight is 290 g/mol. The fraction of sp³-hybridized carbons (Fsp3) is 0.667. The van der Waals surface area contributed by atoms with Crippen molar-refractivity contribution in [3.8, 4) is 5.75 Å². The molecule has 0 heterocycles. The van der Waals surface area contributed by atoms with E-state index in [1.807, 2.05) is 0 Å². The Morgan fingerprint density at radius 3 is 2.43 bits per heavy atom. The van der Waals surface area contributed by atoms with Crippen LogP contribution < -0.4 is 15.4 Å². The Balaban J connectivity index is 2.12.